The zero-order valence-electron chi connectivity index (χ0n) is 20.0. The van der Waals surface area contributed by atoms with Crippen LogP contribution in [0.1, 0.15) is 35.3 Å². The summed E-state index contributed by atoms with van der Waals surface area (Å²) in [5.41, 5.74) is 4.50. The summed E-state index contributed by atoms with van der Waals surface area (Å²) in [6, 6.07) is 10.3. The molecule has 35 heavy (non-hydrogen) atoms. The highest BCUT2D eigenvalue weighted by atomic mass is 31.2. The van der Waals surface area contributed by atoms with Crippen molar-refractivity contribution in [1.29, 1.82) is 5.26 Å². The van der Waals surface area contributed by atoms with Crippen LogP contribution in [0.2, 0.25) is 0 Å². The lowest BCUT2D eigenvalue weighted by atomic mass is 10.0. The number of benzene rings is 1. The smallest absolute Gasteiger partial charge is 0.151 e. The van der Waals surface area contributed by atoms with Crippen molar-refractivity contribution in [2.24, 2.45) is 0 Å². The molecule has 3 aromatic heterocycles. The summed E-state index contributed by atoms with van der Waals surface area (Å²) >= 11 is 0. The average Bonchev–Trinajstić information content (AvgIpc) is 2.81. The molecule has 0 aliphatic carbocycles. The molecule has 0 radical (unpaired) electrons. The molecule has 0 saturated heterocycles. The summed E-state index contributed by atoms with van der Waals surface area (Å²) in [6.07, 6.45) is 1.46. The molecule has 0 aliphatic rings. The van der Waals surface area contributed by atoms with Crippen LogP contribution in [0.3, 0.4) is 0 Å². The number of nitriles is 1. The molecule has 9 heteroatoms. The van der Waals surface area contributed by atoms with Crippen LogP contribution in [0.5, 0.6) is 0 Å². The number of hydrogen-bond acceptors (Lipinski definition) is 6. The summed E-state index contributed by atoms with van der Waals surface area (Å²) < 4.78 is 41.9. The van der Waals surface area contributed by atoms with Crippen LogP contribution in [0.15, 0.2) is 42.6 Å². The molecule has 6 nitrogen and oxygen atoms in total. The predicted octanol–water partition coefficient (Wildman–Crippen LogP) is 5.88. The molecule has 0 bridgehead atoms. The minimum atomic E-state index is -2.55. The largest absolute Gasteiger partial charge is 0.376 e. The summed E-state index contributed by atoms with van der Waals surface area (Å²) in [5.74, 6) is -1.00. The van der Waals surface area contributed by atoms with Gasteiger partial charge < -0.3 is 9.88 Å². The topological polar surface area (TPSA) is 91.6 Å². The van der Waals surface area contributed by atoms with Gasteiger partial charge in [0.15, 0.2) is 5.82 Å². The predicted molar refractivity (Wildman–Crippen MR) is 134 cm³/mol. The second-order valence-corrected chi connectivity index (χ2v) is 12.0. The lowest BCUT2D eigenvalue weighted by Crippen LogP contribution is -2.12. The van der Waals surface area contributed by atoms with Crippen molar-refractivity contribution in [3.8, 4) is 17.3 Å². The minimum absolute atomic E-state index is 0.0806. The van der Waals surface area contributed by atoms with Crippen LogP contribution < -0.4 is 10.8 Å². The maximum atomic E-state index is 15.1. The Kier molecular flexibility index (Phi) is 6.40. The Morgan fingerprint density at radius 2 is 1.80 bits per heavy atom. The Morgan fingerprint density at radius 3 is 2.43 bits per heavy atom. The molecule has 4 rings (SSSR count). The van der Waals surface area contributed by atoms with Gasteiger partial charge >= 0.3 is 0 Å². The maximum Gasteiger partial charge on any atom is 0.151 e. The highest BCUT2D eigenvalue weighted by molar-refractivity contribution is 7.69. The van der Waals surface area contributed by atoms with Crippen molar-refractivity contribution in [1.82, 2.24) is 15.0 Å². The van der Waals surface area contributed by atoms with Crippen LogP contribution in [-0.2, 0) is 4.57 Å². The van der Waals surface area contributed by atoms with Gasteiger partial charge in [0.2, 0.25) is 0 Å². The number of rotatable bonds is 5. The molecule has 0 saturated carbocycles. The first-order valence-electron chi connectivity index (χ1n) is 10.9. The molecule has 1 atom stereocenters. The van der Waals surface area contributed by atoms with E-state index in [0.29, 0.717) is 44.5 Å². The molecular weight excluding hydrogens is 467 g/mol. The Morgan fingerprint density at radius 1 is 1.06 bits per heavy atom. The third kappa shape index (κ3) is 4.78. The molecular formula is C26H24F2N5OP. The molecule has 4 aromatic rings. The summed E-state index contributed by atoms with van der Waals surface area (Å²) in [6.45, 7) is 8.69. The van der Waals surface area contributed by atoms with Gasteiger partial charge in [0, 0.05) is 29.1 Å². The van der Waals surface area contributed by atoms with Crippen molar-refractivity contribution in [2.45, 2.75) is 26.8 Å². The lowest BCUT2D eigenvalue weighted by Gasteiger charge is -2.21. The molecule has 1 aromatic carbocycles. The van der Waals surface area contributed by atoms with E-state index in [-0.39, 0.29) is 5.69 Å². The fourth-order valence-electron chi connectivity index (χ4n) is 3.83. The third-order valence-electron chi connectivity index (χ3n) is 5.92. The highest BCUT2D eigenvalue weighted by Gasteiger charge is 2.20. The van der Waals surface area contributed by atoms with Crippen LogP contribution >= 0.6 is 7.14 Å². The van der Waals surface area contributed by atoms with Gasteiger partial charge in [0.25, 0.3) is 0 Å². The normalized spacial score (nSPS) is 12.4. The van der Waals surface area contributed by atoms with Crippen molar-refractivity contribution in [2.75, 3.05) is 18.6 Å². The number of aromatic nitrogens is 3. The van der Waals surface area contributed by atoms with Crippen LogP contribution in [0.4, 0.5) is 14.5 Å². The van der Waals surface area contributed by atoms with Gasteiger partial charge in [0.05, 0.1) is 34.3 Å². The van der Waals surface area contributed by atoms with E-state index in [1.54, 1.807) is 32.4 Å². The van der Waals surface area contributed by atoms with E-state index in [1.807, 2.05) is 19.9 Å². The Labute approximate surface area is 202 Å². The van der Waals surface area contributed by atoms with E-state index < -0.39 is 24.8 Å². The van der Waals surface area contributed by atoms with Crippen molar-refractivity contribution in [3.63, 3.8) is 0 Å². The summed E-state index contributed by atoms with van der Waals surface area (Å²) in [5, 5.41) is 12.5. The summed E-state index contributed by atoms with van der Waals surface area (Å²) in [7, 11) is -2.55. The van der Waals surface area contributed by atoms with Gasteiger partial charge in [-0.25, -0.2) is 13.8 Å². The van der Waals surface area contributed by atoms with Crippen LogP contribution in [0.25, 0.3) is 22.3 Å². The quantitative estimate of drug-likeness (QED) is 0.351. The van der Waals surface area contributed by atoms with Gasteiger partial charge in [0.1, 0.15) is 24.2 Å². The van der Waals surface area contributed by atoms with Gasteiger partial charge in [-0.15, -0.1) is 0 Å². The van der Waals surface area contributed by atoms with Crippen LogP contribution in [-0.4, -0.2) is 28.3 Å². The first-order chi connectivity index (χ1) is 16.5. The molecule has 0 amide bonds. The van der Waals surface area contributed by atoms with Gasteiger partial charge in [-0.2, -0.15) is 5.26 Å². The Balaban J connectivity index is 1.84. The van der Waals surface area contributed by atoms with E-state index in [2.05, 4.69) is 20.3 Å². The van der Waals surface area contributed by atoms with Crippen molar-refractivity contribution >= 4 is 29.3 Å². The van der Waals surface area contributed by atoms with Gasteiger partial charge in [-0.05, 0) is 70.0 Å². The number of fused-ring (bicyclic) bond motifs is 1. The molecule has 0 spiro atoms. The molecule has 0 fully saturated rings. The lowest BCUT2D eigenvalue weighted by molar-refractivity contribution is 0.587. The van der Waals surface area contributed by atoms with E-state index in [4.69, 9.17) is 0 Å². The fraction of sp³-hybridized carbons (Fsp3) is 0.231. The number of pyridine rings is 3. The number of nitrogens with one attached hydrogen (secondary N) is 1. The SMILES string of the molecule is Cc1nc2cc(F)c(-c3ccc(P(C)(C)=O)nc3)nc2c(NC(C)c2cc(C#N)ccc2F)c1C. The second-order valence-electron chi connectivity index (χ2n) is 8.85. The van der Waals surface area contributed by atoms with E-state index >= 15 is 4.39 Å². The first-order valence-corrected chi connectivity index (χ1v) is 13.5. The first kappa shape index (κ1) is 24.4. The number of hydrogen-bond donors (Lipinski definition) is 1. The third-order valence-corrected chi connectivity index (χ3v) is 7.29. The molecule has 1 N–H and O–H groups in total. The monoisotopic (exact) mass is 491 g/mol. The van der Waals surface area contributed by atoms with Crippen molar-refractivity contribution in [3.05, 3.63) is 76.6 Å². The minimum Gasteiger partial charge on any atom is -0.376 e. The number of nitrogens with zero attached hydrogens (tertiary/aromatic N) is 4. The standard InChI is InChI=1S/C26H24F2N5OP/c1-14-15(2)31-22-11-21(28)25(18-7-9-23(30-13-18)35(4,5)34)33-26(22)24(14)32-16(3)19-10-17(12-29)6-8-20(19)27/h6-11,13,16H,1-5H3,(H,31,32). The molecule has 0 aliphatic heterocycles. The average molecular weight is 491 g/mol. The number of anilines is 1. The highest BCUT2D eigenvalue weighted by Crippen LogP contribution is 2.35. The van der Waals surface area contributed by atoms with Crippen molar-refractivity contribution < 1.29 is 13.3 Å². The van der Waals surface area contributed by atoms with Crippen LogP contribution in [0, 0.1) is 36.8 Å². The number of aryl methyl sites for hydroxylation is 1. The van der Waals surface area contributed by atoms with Gasteiger partial charge in [-0.1, -0.05) is 0 Å². The van der Waals surface area contributed by atoms with E-state index in [1.165, 1.54) is 30.5 Å². The fourth-order valence-corrected chi connectivity index (χ4v) is 4.60. The molecule has 178 valence electrons. The molecule has 3 heterocycles. The molecule has 1 unspecified atom stereocenters. The number of halogens is 2. The summed E-state index contributed by atoms with van der Waals surface area (Å²) in [4.78, 5) is 13.3. The second kappa shape index (κ2) is 9.16. The Bertz CT molecular complexity index is 1540. The maximum absolute atomic E-state index is 15.1. The Hall–Kier alpha value is -3.69. The zero-order valence-corrected chi connectivity index (χ0v) is 20.9. The zero-order chi connectivity index (χ0) is 25.5. The van der Waals surface area contributed by atoms with E-state index in [0.717, 1.165) is 5.56 Å². The van der Waals surface area contributed by atoms with Gasteiger partial charge in [-0.3, -0.25) is 9.97 Å². The van der Waals surface area contributed by atoms with E-state index in [9.17, 15) is 14.2 Å².